The summed E-state index contributed by atoms with van der Waals surface area (Å²) in [6, 6.07) is 41.9. The molecule has 5 nitrogen and oxygen atoms in total. The zero-order valence-electron chi connectivity index (χ0n) is 25.4. The summed E-state index contributed by atoms with van der Waals surface area (Å²) >= 11 is 0. The second-order valence-electron chi connectivity index (χ2n) is 10.7. The second kappa shape index (κ2) is 14.6. The van der Waals surface area contributed by atoms with E-state index in [1.54, 1.807) is 66.7 Å². The predicted molar refractivity (Wildman–Crippen MR) is 181 cm³/mol. The van der Waals surface area contributed by atoms with E-state index < -0.39 is 27.6 Å². The largest absolute Gasteiger partial charge is 0.436 e. The number of sulfonamides is 1. The van der Waals surface area contributed by atoms with Crippen LogP contribution in [0, 0.1) is 31.1 Å². The van der Waals surface area contributed by atoms with Crippen LogP contribution in [0.2, 0.25) is 0 Å². The van der Waals surface area contributed by atoms with E-state index in [0.29, 0.717) is 16.7 Å². The van der Waals surface area contributed by atoms with Crippen molar-refractivity contribution >= 4 is 16.0 Å². The van der Waals surface area contributed by atoms with Gasteiger partial charge in [0.1, 0.15) is 0 Å². The summed E-state index contributed by atoms with van der Waals surface area (Å²) in [5, 5.41) is 0. The van der Waals surface area contributed by atoms with Crippen LogP contribution in [0.15, 0.2) is 150 Å². The molecule has 0 fully saturated rings. The summed E-state index contributed by atoms with van der Waals surface area (Å²) in [7, 11) is -4.24. The van der Waals surface area contributed by atoms with Crippen LogP contribution in [0.1, 0.15) is 32.6 Å². The van der Waals surface area contributed by atoms with Crippen LogP contribution in [0.4, 0.5) is 0 Å². The van der Waals surface area contributed by atoms with Crippen molar-refractivity contribution in [2.45, 2.75) is 29.9 Å². The Balaban J connectivity index is 1.83. The van der Waals surface area contributed by atoms with Crippen molar-refractivity contribution in [3.8, 4) is 24.2 Å². The lowest BCUT2D eigenvalue weighted by atomic mass is 9.82. The smallest absolute Gasteiger partial charge is 0.339 e. The predicted octanol–water partition coefficient (Wildman–Crippen LogP) is 7.03. The van der Waals surface area contributed by atoms with Crippen LogP contribution in [-0.2, 0) is 26.8 Å². The molecule has 228 valence electrons. The number of rotatable bonds is 10. The van der Waals surface area contributed by atoms with Gasteiger partial charge in [-0.25, -0.2) is 13.2 Å². The highest BCUT2D eigenvalue weighted by Crippen LogP contribution is 2.38. The minimum absolute atomic E-state index is 0.0683. The number of ether oxygens (including phenoxy) is 1. The van der Waals surface area contributed by atoms with Crippen LogP contribution < -0.4 is 0 Å². The van der Waals surface area contributed by atoms with Gasteiger partial charge >= 0.3 is 5.97 Å². The number of esters is 1. The number of carbonyl (C=O) groups is 1. The molecule has 5 aromatic carbocycles. The molecule has 0 aliphatic rings. The van der Waals surface area contributed by atoms with Gasteiger partial charge in [0.05, 0.1) is 23.0 Å². The first-order valence-corrected chi connectivity index (χ1v) is 16.3. The molecule has 0 unspecified atom stereocenters. The quantitative estimate of drug-likeness (QED) is 0.124. The van der Waals surface area contributed by atoms with Gasteiger partial charge in [0.15, 0.2) is 0 Å². The molecule has 0 spiro atoms. The maximum Gasteiger partial charge on any atom is 0.339 e. The Morgan fingerprint density at radius 2 is 1.33 bits per heavy atom. The summed E-state index contributed by atoms with van der Waals surface area (Å²) in [6.45, 7) is 1.59. The highest BCUT2D eigenvalue weighted by molar-refractivity contribution is 7.89. The monoisotopic (exact) mass is 623 g/mol. The fraction of sp³-hybridized carbons (Fsp3) is 0.125. The Kier molecular flexibility index (Phi) is 10.1. The van der Waals surface area contributed by atoms with Crippen LogP contribution in [0.3, 0.4) is 0 Å². The number of nitrogens with zero attached hydrogens (tertiary/aromatic N) is 1. The van der Waals surface area contributed by atoms with E-state index in [2.05, 4.69) is 17.8 Å². The van der Waals surface area contributed by atoms with Crippen molar-refractivity contribution in [3.05, 3.63) is 173 Å². The highest BCUT2D eigenvalue weighted by atomic mass is 32.2. The minimum atomic E-state index is -4.24. The average molecular weight is 624 g/mol. The Morgan fingerprint density at radius 1 is 0.783 bits per heavy atom. The number of terminal acetylenes is 1. The molecule has 0 N–H and O–H groups in total. The number of hydrogen-bond donors (Lipinski definition) is 0. The third-order valence-corrected chi connectivity index (χ3v) is 9.46. The summed E-state index contributed by atoms with van der Waals surface area (Å²) in [4.78, 5) is 14.1. The van der Waals surface area contributed by atoms with Gasteiger partial charge in [-0.15, -0.1) is 6.42 Å². The molecule has 0 saturated carbocycles. The first-order chi connectivity index (χ1) is 22.3. The Labute approximate surface area is 271 Å². The van der Waals surface area contributed by atoms with Crippen molar-refractivity contribution in [1.29, 1.82) is 0 Å². The number of aryl methyl sites for hydroxylation is 1. The van der Waals surface area contributed by atoms with Crippen molar-refractivity contribution < 1.29 is 17.9 Å². The van der Waals surface area contributed by atoms with E-state index in [9.17, 15) is 13.2 Å². The minimum Gasteiger partial charge on any atom is -0.436 e. The average Bonchev–Trinajstić information content (AvgIpc) is 3.10. The van der Waals surface area contributed by atoms with Gasteiger partial charge < -0.3 is 4.74 Å². The standard InChI is InChI=1S/C40H33NO4S/c1-3-30-41(46(43,44)37-26-24-32(2)25-27-37)38(31-34-18-10-5-11-19-34)40(36-22-14-7-15-23-36,29-28-33-16-8-4-9-17-33)45-39(42)35-20-12-6-13-21-35/h1,4-27,38H,30-31H2,2H3/t38-,40-/m0/s1. The molecule has 0 bridgehead atoms. The lowest BCUT2D eigenvalue weighted by molar-refractivity contribution is -0.0230. The molecule has 0 amide bonds. The van der Waals surface area contributed by atoms with Crippen LogP contribution >= 0.6 is 0 Å². The summed E-state index contributed by atoms with van der Waals surface area (Å²) in [6.07, 6.45) is 6.03. The lowest BCUT2D eigenvalue weighted by Gasteiger charge is -2.41. The maximum absolute atomic E-state index is 14.6. The highest BCUT2D eigenvalue weighted by Gasteiger charge is 2.50. The first kappa shape index (κ1) is 32.0. The van der Waals surface area contributed by atoms with Gasteiger partial charge in [0.25, 0.3) is 0 Å². The molecule has 0 aliphatic heterocycles. The zero-order valence-corrected chi connectivity index (χ0v) is 26.2. The molecule has 5 aromatic rings. The van der Waals surface area contributed by atoms with Gasteiger partial charge in [-0.3, -0.25) is 0 Å². The molecule has 2 atom stereocenters. The molecule has 0 aromatic heterocycles. The molecule has 0 saturated heterocycles. The molecule has 0 aliphatic carbocycles. The summed E-state index contributed by atoms with van der Waals surface area (Å²) < 4.78 is 37.0. The molecule has 0 heterocycles. The van der Waals surface area contributed by atoms with Crippen LogP contribution in [0.25, 0.3) is 0 Å². The SMILES string of the molecule is C#CCN([C@@H](Cc1ccccc1)[C@@](C#Cc1ccccc1)(OC(=O)c1ccccc1)c1ccccc1)S(=O)(=O)c1ccc(C)cc1. The fourth-order valence-corrected chi connectivity index (χ4v) is 6.79. The zero-order chi connectivity index (χ0) is 32.4. The number of hydrogen-bond acceptors (Lipinski definition) is 4. The van der Waals surface area contributed by atoms with Gasteiger partial charge in [0.2, 0.25) is 15.6 Å². The Morgan fingerprint density at radius 3 is 1.91 bits per heavy atom. The second-order valence-corrected chi connectivity index (χ2v) is 12.6. The summed E-state index contributed by atoms with van der Waals surface area (Å²) in [5.74, 6) is 8.40. The van der Waals surface area contributed by atoms with Gasteiger partial charge in [-0.1, -0.05) is 127 Å². The molecule has 5 rings (SSSR count). The summed E-state index contributed by atoms with van der Waals surface area (Å²) in [5.41, 5.74) is 1.38. The molecule has 6 heteroatoms. The third-order valence-electron chi connectivity index (χ3n) is 7.60. The van der Waals surface area contributed by atoms with Crippen molar-refractivity contribution in [3.63, 3.8) is 0 Å². The lowest BCUT2D eigenvalue weighted by Crippen LogP contribution is -2.55. The van der Waals surface area contributed by atoms with E-state index in [1.807, 2.05) is 85.8 Å². The van der Waals surface area contributed by atoms with E-state index >= 15 is 0 Å². The third kappa shape index (κ3) is 7.28. The Hall–Kier alpha value is -5.40. The van der Waals surface area contributed by atoms with E-state index in [1.165, 1.54) is 4.31 Å². The van der Waals surface area contributed by atoms with Crippen LogP contribution in [-0.4, -0.2) is 31.3 Å². The van der Waals surface area contributed by atoms with Crippen molar-refractivity contribution in [2.24, 2.45) is 0 Å². The number of carbonyl (C=O) groups excluding carboxylic acids is 1. The Bertz CT molecular complexity index is 1960. The molecule has 46 heavy (non-hydrogen) atoms. The first-order valence-electron chi connectivity index (χ1n) is 14.8. The van der Waals surface area contributed by atoms with Gasteiger partial charge in [-0.2, -0.15) is 4.31 Å². The molecular weight excluding hydrogens is 591 g/mol. The number of benzene rings is 5. The molecule has 0 radical (unpaired) electrons. The van der Waals surface area contributed by atoms with Crippen molar-refractivity contribution in [1.82, 2.24) is 4.31 Å². The van der Waals surface area contributed by atoms with Crippen molar-refractivity contribution in [2.75, 3.05) is 6.54 Å². The maximum atomic E-state index is 14.6. The fourth-order valence-electron chi connectivity index (χ4n) is 5.24. The normalized spacial score (nSPS) is 13.0. The topological polar surface area (TPSA) is 63.7 Å². The van der Waals surface area contributed by atoms with E-state index in [-0.39, 0.29) is 17.9 Å². The van der Waals surface area contributed by atoms with E-state index in [0.717, 1.165) is 11.1 Å². The van der Waals surface area contributed by atoms with Gasteiger partial charge in [-0.05, 0) is 61.2 Å². The van der Waals surface area contributed by atoms with E-state index in [4.69, 9.17) is 11.2 Å². The van der Waals surface area contributed by atoms with Gasteiger partial charge in [0, 0.05) is 11.1 Å². The molecular formula is C40H33NO4S. The van der Waals surface area contributed by atoms with Crippen LogP contribution in [0.5, 0.6) is 0 Å².